The zero-order chi connectivity index (χ0) is 15.2. The zero-order valence-electron chi connectivity index (χ0n) is 13.4. The van der Waals surface area contributed by atoms with Crippen molar-refractivity contribution in [2.24, 2.45) is 11.8 Å². The first-order valence-corrected chi connectivity index (χ1v) is 8.47. The first-order chi connectivity index (χ1) is 10.1. The molecule has 0 saturated heterocycles. The second-order valence-electron chi connectivity index (χ2n) is 6.40. The van der Waals surface area contributed by atoms with E-state index in [1.165, 1.54) is 6.42 Å². The van der Waals surface area contributed by atoms with E-state index in [2.05, 4.69) is 31.1 Å². The molecular weight excluding hydrogens is 284 g/mol. The molecular formula is C17H27ClN2O. The standard InChI is InChI=1S/C17H27ClN2O/c1-4-7-19-17-6-5-15(18)16(20-17)11-21-14-9-12(2)8-13(3)10-14/h5-6,12-14H,4,7-11H2,1-3H3,(H,19,20). The Hall–Kier alpha value is -0.800. The predicted octanol–water partition coefficient (Wildman–Crippen LogP) is 4.90. The predicted molar refractivity (Wildman–Crippen MR) is 88.8 cm³/mol. The summed E-state index contributed by atoms with van der Waals surface area (Å²) in [4.78, 5) is 4.56. The molecule has 0 bridgehead atoms. The summed E-state index contributed by atoms with van der Waals surface area (Å²) in [6.07, 6.45) is 5.03. The van der Waals surface area contributed by atoms with Crippen molar-refractivity contribution < 1.29 is 4.74 Å². The third-order valence-electron chi connectivity index (χ3n) is 4.07. The molecule has 0 aliphatic heterocycles. The number of nitrogens with zero attached hydrogens (tertiary/aromatic N) is 1. The van der Waals surface area contributed by atoms with E-state index in [4.69, 9.17) is 16.3 Å². The molecule has 1 N–H and O–H groups in total. The summed E-state index contributed by atoms with van der Waals surface area (Å²) >= 11 is 6.24. The maximum absolute atomic E-state index is 6.24. The Balaban J connectivity index is 1.92. The molecule has 118 valence electrons. The molecule has 1 aliphatic rings. The highest BCUT2D eigenvalue weighted by atomic mass is 35.5. The van der Waals surface area contributed by atoms with Crippen molar-refractivity contribution in [1.82, 2.24) is 4.98 Å². The molecule has 1 fully saturated rings. The van der Waals surface area contributed by atoms with Crippen LogP contribution in [0.2, 0.25) is 5.02 Å². The van der Waals surface area contributed by atoms with Crippen molar-refractivity contribution in [2.75, 3.05) is 11.9 Å². The summed E-state index contributed by atoms with van der Waals surface area (Å²) < 4.78 is 6.08. The SMILES string of the molecule is CCCNc1ccc(Cl)c(COC2CC(C)CC(C)C2)n1. The average molecular weight is 311 g/mol. The molecule has 0 spiro atoms. The number of pyridine rings is 1. The number of aromatic nitrogens is 1. The van der Waals surface area contributed by atoms with Gasteiger partial charge in [0.05, 0.1) is 23.4 Å². The Morgan fingerprint density at radius 1 is 1.24 bits per heavy atom. The fourth-order valence-electron chi connectivity index (χ4n) is 3.14. The van der Waals surface area contributed by atoms with Gasteiger partial charge in [0, 0.05) is 6.54 Å². The highest BCUT2D eigenvalue weighted by Crippen LogP contribution is 2.31. The molecule has 4 heteroatoms. The zero-order valence-corrected chi connectivity index (χ0v) is 14.1. The Bertz CT molecular complexity index is 442. The molecule has 1 aromatic heterocycles. The number of hydrogen-bond acceptors (Lipinski definition) is 3. The number of ether oxygens (including phenoxy) is 1. The molecule has 3 nitrogen and oxygen atoms in total. The number of halogens is 1. The Morgan fingerprint density at radius 3 is 2.62 bits per heavy atom. The van der Waals surface area contributed by atoms with E-state index >= 15 is 0 Å². The van der Waals surface area contributed by atoms with Crippen LogP contribution in [0.15, 0.2) is 12.1 Å². The van der Waals surface area contributed by atoms with Crippen LogP contribution in [0.4, 0.5) is 5.82 Å². The second-order valence-corrected chi connectivity index (χ2v) is 6.81. The van der Waals surface area contributed by atoms with E-state index in [0.717, 1.165) is 49.2 Å². The van der Waals surface area contributed by atoms with Gasteiger partial charge in [-0.2, -0.15) is 0 Å². The van der Waals surface area contributed by atoms with Crippen molar-refractivity contribution in [3.63, 3.8) is 0 Å². The molecule has 0 amide bonds. The quantitative estimate of drug-likeness (QED) is 0.811. The van der Waals surface area contributed by atoms with Crippen LogP contribution in [0.25, 0.3) is 0 Å². The van der Waals surface area contributed by atoms with Crippen LogP contribution in [0.1, 0.15) is 52.1 Å². The minimum atomic E-state index is 0.342. The largest absolute Gasteiger partial charge is 0.372 e. The molecule has 1 aliphatic carbocycles. The van der Waals surface area contributed by atoms with Crippen molar-refractivity contribution in [1.29, 1.82) is 0 Å². The topological polar surface area (TPSA) is 34.1 Å². The van der Waals surface area contributed by atoms with Gasteiger partial charge in [-0.15, -0.1) is 0 Å². The van der Waals surface area contributed by atoms with Crippen molar-refractivity contribution in [3.8, 4) is 0 Å². The molecule has 2 unspecified atom stereocenters. The van der Waals surface area contributed by atoms with E-state index in [1.807, 2.05) is 12.1 Å². The van der Waals surface area contributed by atoms with Crippen LogP contribution in [-0.2, 0) is 11.3 Å². The molecule has 1 heterocycles. The summed E-state index contributed by atoms with van der Waals surface area (Å²) in [6.45, 7) is 8.19. The summed E-state index contributed by atoms with van der Waals surface area (Å²) in [5, 5.41) is 3.98. The van der Waals surface area contributed by atoms with Gasteiger partial charge < -0.3 is 10.1 Å². The summed E-state index contributed by atoms with van der Waals surface area (Å²) in [7, 11) is 0. The molecule has 2 atom stereocenters. The lowest BCUT2D eigenvalue weighted by Gasteiger charge is -2.31. The normalized spacial score (nSPS) is 25.8. The molecule has 0 aromatic carbocycles. The second kappa shape index (κ2) is 8.00. The van der Waals surface area contributed by atoms with Gasteiger partial charge in [0.15, 0.2) is 0 Å². The van der Waals surface area contributed by atoms with Crippen LogP contribution in [0.5, 0.6) is 0 Å². The fraction of sp³-hybridized carbons (Fsp3) is 0.706. The lowest BCUT2D eigenvalue weighted by atomic mass is 9.82. The minimum absolute atomic E-state index is 0.342. The number of hydrogen-bond donors (Lipinski definition) is 1. The number of rotatable bonds is 6. The fourth-order valence-corrected chi connectivity index (χ4v) is 3.30. The Kier molecular flexibility index (Phi) is 6.31. The van der Waals surface area contributed by atoms with Crippen LogP contribution in [0.3, 0.4) is 0 Å². The van der Waals surface area contributed by atoms with Crippen molar-refractivity contribution >= 4 is 17.4 Å². The van der Waals surface area contributed by atoms with Gasteiger partial charge in [-0.1, -0.05) is 32.4 Å². The number of nitrogens with one attached hydrogen (secondary N) is 1. The Labute approximate surface area is 133 Å². The van der Waals surface area contributed by atoms with E-state index in [0.29, 0.717) is 17.7 Å². The minimum Gasteiger partial charge on any atom is -0.372 e. The summed E-state index contributed by atoms with van der Waals surface area (Å²) in [6, 6.07) is 3.82. The molecule has 1 aromatic rings. The van der Waals surface area contributed by atoms with Gasteiger partial charge in [-0.05, 0) is 49.7 Å². The van der Waals surface area contributed by atoms with Gasteiger partial charge in [0.25, 0.3) is 0 Å². The van der Waals surface area contributed by atoms with Gasteiger partial charge in [-0.25, -0.2) is 4.98 Å². The first kappa shape index (κ1) is 16.6. The lowest BCUT2D eigenvalue weighted by Crippen LogP contribution is -2.26. The third kappa shape index (κ3) is 5.15. The average Bonchev–Trinajstić information content (AvgIpc) is 2.44. The lowest BCUT2D eigenvalue weighted by molar-refractivity contribution is -0.0104. The summed E-state index contributed by atoms with van der Waals surface area (Å²) in [5.74, 6) is 2.38. The van der Waals surface area contributed by atoms with Crippen LogP contribution in [0, 0.1) is 11.8 Å². The maximum atomic E-state index is 6.24. The smallest absolute Gasteiger partial charge is 0.126 e. The van der Waals surface area contributed by atoms with E-state index in [9.17, 15) is 0 Å². The van der Waals surface area contributed by atoms with Crippen LogP contribution >= 0.6 is 11.6 Å². The highest BCUT2D eigenvalue weighted by molar-refractivity contribution is 6.31. The van der Waals surface area contributed by atoms with Gasteiger partial charge >= 0.3 is 0 Å². The Morgan fingerprint density at radius 2 is 1.95 bits per heavy atom. The van der Waals surface area contributed by atoms with Gasteiger partial charge in [0.2, 0.25) is 0 Å². The molecule has 2 rings (SSSR count). The van der Waals surface area contributed by atoms with Crippen LogP contribution in [-0.4, -0.2) is 17.6 Å². The van der Waals surface area contributed by atoms with Crippen LogP contribution < -0.4 is 5.32 Å². The molecule has 0 radical (unpaired) electrons. The van der Waals surface area contributed by atoms with E-state index in [1.54, 1.807) is 0 Å². The van der Waals surface area contributed by atoms with E-state index < -0.39 is 0 Å². The van der Waals surface area contributed by atoms with Gasteiger partial charge in [-0.3, -0.25) is 0 Å². The highest BCUT2D eigenvalue weighted by Gasteiger charge is 2.24. The third-order valence-corrected chi connectivity index (χ3v) is 4.41. The van der Waals surface area contributed by atoms with Crippen molar-refractivity contribution in [2.45, 2.75) is 59.2 Å². The van der Waals surface area contributed by atoms with Crippen molar-refractivity contribution in [3.05, 3.63) is 22.8 Å². The maximum Gasteiger partial charge on any atom is 0.126 e. The molecule has 1 saturated carbocycles. The van der Waals surface area contributed by atoms with Gasteiger partial charge in [0.1, 0.15) is 5.82 Å². The molecule has 21 heavy (non-hydrogen) atoms. The summed E-state index contributed by atoms with van der Waals surface area (Å²) in [5.41, 5.74) is 0.837. The first-order valence-electron chi connectivity index (χ1n) is 8.09. The monoisotopic (exact) mass is 310 g/mol. The number of anilines is 1. The van der Waals surface area contributed by atoms with E-state index in [-0.39, 0.29) is 0 Å².